The minimum atomic E-state index is -5.08. The highest BCUT2D eigenvalue weighted by Gasteiger charge is 2.38. The molecule has 2 aromatic rings. The average Bonchev–Trinajstić information content (AvgIpc) is 3.22. The fourth-order valence-corrected chi connectivity index (χ4v) is 3.54. The summed E-state index contributed by atoms with van der Waals surface area (Å²) < 4.78 is 37.1. The lowest BCUT2D eigenvalue weighted by molar-refractivity contribution is -0.192. The van der Waals surface area contributed by atoms with E-state index in [-0.39, 0.29) is 51.9 Å². The Morgan fingerprint density at radius 3 is 2.27 bits per heavy atom. The van der Waals surface area contributed by atoms with Crippen LogP contribution in [0.1, 0.15) is 55.6 Å². The summed E-state index contributed by atoms with van der Waals surface area (Å²) in [7, 11) is 0. The number of nitrogens with zero attached hydrogens (tertiary/aromatic N) is 1. The number of aliphatic carboxylic acids is 1. The number of anilines is 1. The number of alkyl halides is 3. The lowest BCUT2D eigenvalue weighted by Crippen LogP contribution is -2.35. The van der Waals surface area contributed by atoms with Gasteiger partial charge in [-0.05, 0) is 50.4 Å². The van der Waals surface area contributed by atoms with Crippen LogP contribution < -0.4 is 16.0 Å². The van der Waals surface area contributed by atoms with Crippen molar-refractivity contribution in [1.82, 2.24) is 15.8 Å². The molecule has 0 unspecified atom stereocenters. The van der Waals surface area contributed by atoms with Crippen LogP contribution in [0.2, 0.25) is 0 Å². The molecule has 1 aliphatic heterocycles. The Balaban J connectivity index is 0.000000604. The van der Waals surface area contributed by atoms with E-state index in [0.29, 0.717) is 24.9 Å². The van der Waals surface area contributed by atoms with Gasteiger partial charge in [0.1, 0.15) is 17.2 Å². The molecular weight excluding hydrogens is 501 g/mol. The van der Waals surface area contributed by atoms with Crippen molar-refractivity contribution in [2.75, 3.05) is 25.0 Å². The monoisotopic (exact) mass is 530 g/mol. The van der Waals surface area contributed by atoms with Crippen LogP contribution in [0, 0.1) is 5.92 Å². The largest absolute Gasteiger partial charge is 0.508 e. The molecule has 0 saturated carbocycles. The molecule has 37 heavy (non-hydrogen) atoms. The number of benzene rings is 1. The highest BCUT2D eigenvalue weighted by molar-refractivity contribution is 6.06. The van der Waals surface area contributed by atoms with Crippen molar-refractivity contribution in [2.45, 2.75) is 45.7 Å². The number of aromatic nitrogens is 1. The number of phenolic OH excluding ortho intramolecular Hbond substituents is 2. The molecule has 0 radical (unpaired) electrons. The van der Waals surface area contributed by atoms with E-state index in [4.69, 9.17) is 14.4 Å². The summed E-state index contributed by atoms with van der Waals surface area (Å²) in [6, 6.07) is 2.80. The first-order chi connectivity index (χ1) is 17.3. The molecule has 3 rings (SSSR count). The molecule has 2 heterocycles. The van der Waals surface area contributed by atoms with E-state index >= 15 is 0 Å². The van der Waals surface area contributed by atoms with Gasteiger partial charge in [-0.3, -0.25) is 9.59 Å². The number of carbonyl (C=O) groups is 3. The smallest absolute Gasteiger partial charge is 0.490 e. The minimum Gasteiger partial charge on any atom is -0.508 e. The summed E-state index contributed by atoms with van der Waals surface area (Å²) in [5.74, 6) is -3.92. The zero-order chi connectivity index (χ0) is 27.9. The Labute approximate surface area is 210 Å². The van der Waals surface area contributed by atoms with E-state index in [1.807, 2.05) is 13.8 Å². The van der Waals surface area contributed by atoms with Crippen molar-refractivity contribution < 1.29 is 47.4 Å². The van der Waals surface area contributed by atoms with Crippen LogP contribution in [0.15, 0.2) is 16.7 Å². The second-order valence-electron chi connectivity index (χ2n) is 8.49. The lowest BCUT2D eigenvalue weighted by atomic mass is 9.96. The number of rotatable bonds is 6. The van der Waals surface area contributed by atoms with Gasteiger partial charge in [-0.15, -0.1) is 0 Å². The third kappa shape index (κ3) is 7.59. The molecule has 2 amide bonds. The van der Waals surface area contributed by atoms with E-state index in [9.17, 15) is 33.0 Å². The number of hydrogen-bond acceptors (Lipinski definition) is 8. The summed E-state index contributed by atoms with van der Waals surface area (Å²) in [6.45, 7) is 7.44. The first kappa shape index (κ1) is 29.4. The Morgan fingerprint density at radius 2 is 1.76 bits per heavy atom. The Hall–Kier alpha value is -3.81. The third-order valence-corrected chi connectivity index (χ3v) is 5.46. The van der Waals surface area contributed by atoms with Gasteiger partial charge in [-0.1, -0.05) is 19.0 Å². The van der Waals surface area contributed by atoms with Gasteiger partial charge in [0.15, 0.2) is 11.5 Å². The van der Waals surface area contributed by atoms with Crippen LogP contribution in [0.4, 0.5) is 18.9 Å². The van der Waals surface area contributed by atoms with Gasteiger partial charge in [0.05, 0.1) is 5.56 Å². The van der Waals surface area contributed by atoms with Crippen LogP contribution >= 0.6 is 0 Å². The highest BCUT2D eigenvalue weighted by Crippen LogP contribution is 2.42. The van der Waals surface area contributed by atoms with E-state index in [1.54, 1.807) is 13.0 Å². The molecule has 0 aliphatic carbocycles. The quantitative estimate of drug-likeness (QED) is 0.328. The summed E-state index contributed by atoms with van der Waals surface area (Å²) in [5, 5.41) is 40.2. The number of aromatic hydroxyl groups is 2. The Kier molecular flexibility index (Phi) is 9.88. The predicted molar refractivity (Wildman–Crippen MR) is 125 cm³/mol. The molecule has 1 aromatic heterocycles. The molecule has 0 spiro atoms. The van der Waals surface area contributed by atoms with Crippen LogP contribution in [0.25, 0.3) is 11.3 Å². The number of nitrogens with one attached hydrogen (secondary N) is 3. The maximum absolute atomic E-state index is 12.9. The Bertz CT molecular complexity index is 1130. The van der Waals surface area contributed by atoms with Crippen molar-refractivity contribution in [3.05, 3.63) is 23.4 Å². The molecule has 1 aliphatic rings. The van der Waals surface area contributed by atoms with Crippen molar-refractivity contribution in [2.24, 2.45) is 5.92 Å². The first-order valence-electron chi connectivity index (χ1n) is 11.4. The minimum absolute atomic E-state index is 0.0251. The molecule has 1 aromatic carbocycles. The number of piperidine rings is 1. The lowest BCUT2D eigenvalue weighted by Gasteiger charge is -2.21. The number of carboxylic acid groups (broad SMARTS) is 1. The van der Waals surface area contributed by atoms with E-state index in [0.717, 1.165) is 13.1 Å². The highest BCUT2D eigenvalue weighted by atomic mass is 19.4. The van der Waals surface area contributed by atoms with E-state index in [1.165, 1.54) is 6.07 Å². The molecule has 0 bridgehead atoms. The van der Waals surface area contributed by atoms with Gasteiger partial charge in [-0.2, -0.15) is 13.2 Å². The Morgan fingerprint density at radius 1 is 1.16 bits per heavy atom. The molecule has 1 fully saturated rings. The van der Waals surface area contributed by atoms with Crippen LogP contribution in [-0.4, -0.2) is 64.1 Å². The number of carbonyl (C=O) groups excluding carboxylic acids is 2. The topological polar surface area (TPSA) is 174 Å². The van der Waals surface area contributed by atoms with Gasteiger partial charge < -0.3 is 35.8 Å². The van der Waals surface area contributed by atoms with Crippen molar-refractivity contribution in [3.63, 3.8) is 0 Å². The standard InChI is InChI=1S/C21H28N4O5.C2HF3O2/c1-4-23-21(29)18-17(24-20(28)12-5-7-22-8-6-12)19(30-25-18)14-9-13(11(2)3)15(26)10-16(14)27;3-2(4,5)1(6)7/h9-12,22,26-27H,4-8H2,1-3H3,(H,23,29)(H,24,28);(H,6,7). The van der Waals surface area contributed by atoms with Gasteiger partial charge in [0.2, 0.25) is 5.91 Å². The number of amides is 2. The van der Waals surface area contributed by atoms with Crippen LogP contribution in [-0.2, 0) is 9.59 Å². The molecular formula is C23H29F3N4O7. The molecule has 14 heteroatoms. The number of carboxylic acids is 1. The second kappa shape index (κ2) is 12.4. The van der Waals surface area contributed by atoms with Crippen LogP contribution in [0.3, 0.4) is 0 Å². The van der Waals surface area contributed by atoms with Crippen molar-refractivity contribution in [3.8, 4) is 22.8 Å². The zero-order valence-electron chi connectivity index (χ0n) is 20.4. The van der Waals surface area contributed by atoms with Crippen LogP contribution in [0.5, 0.6) is 11.5 Å². The fourth-order valence-electron chi connectivity index (χ4n) is 3.54. The van der Waals surface area contributed by atoms with Gasteiger partial charge >= 0.3 is 12.1 Å². The van der Waals surface area contributed by atoms with Gasteiger partial charge in [-0.25, -0.2) is 4.79 Å². The number of halogens is 3. The number of hydrogen-bond donors (Lipinski definition) is 6. The SMILES string of the molecule is CCNC(=O)c1noc(-c2cc(C(C)C)c(O)cc2O)c1NC(=O)C1CCNCC1.O=C(O)C(F)(F)F. The van der Waals surface area contributed by atoms with E-state index < -0.39 is 18.1 Å². The van der Waals surface area contributed by atoms with E-state index in [2.05, 4.69) is 21.1 Å². The normalized spacial score (nSPS) is 14.0. The fraction of sp³-hybridized carbons (Fsp3) is 0.478. The van der Waals surface area contributed by atoms with Crippen molar-refractivity contribution in [1.29, 1.82) is 0 Å². The zero-order valence-corrected chi connectivity index (χ0v) is 20.4. The second-order valence-corrected chi connectivity index (χ2v) is 8.49. The molecule has 0 atom stereocenters. The molecule has 1 saturated heterocycles. The summed E-state index contributed by atoms with van der Waals surface area (Å²) in [5.41, 5.74) is 0.877. The van der Waals surface area contributed by atoms with Gasteiger partial charge in [0.25, 0.3) is 5.91 Å². The maximum atomic E-state index is 12.9. The predicted octanol–water partition coefficient (Wildman–Crippen LogP) is 3.20. The summed E-state index contributed by atoms with van der Waals surface area (Å²) >= 11 is 0. The first-order valence-corrected chi connectivity index (χ1v) is 11.4. The third-order valence-electron chi connectivity index (χ3n) is 5.46. The molecule has 204 valence electrons. The average molecular weight is 531 g/mol. The summed E-state index contributed by atoms with van der Waals surface area (Å²) in [4.78, 5) is 34.2. The van der Waals surface area contributed by atoms with Gasteiger partial charge in [0, 0.05) is 18.5 Å². The maximum Gasteiger partial charge on any atom is 0.490 e. The summed E-state index contributed by atoms with van der Waals surface area (Å²) in [6.07, 6.45) is -3.71. The van der Waals surface area contributed by atoms with Crippen molar-refractivity contribution >= 4 is 23.5 Å². The molecule has 6 N–H and O–H groups in total. The molecule has 11 nitrogen and oxygen atoms in total. The number of phenols is 2.